The van der Waals surface area contributed by atoms with Crippen LogP contribution in [-0.2, 0) is 27.4 Å². The Kier molecular flexibility index (Phi) is 6.09. The highest BCUT2D eigenvalue weighted by atomic mass is 32.2. The van der Waals surface area contributed by atoms with Gasteiger partial charge in [-0.1, -0.05) is 6.07 Å². The molecule has 0 atom stereocenters. The van der Waals surface area contributed by atoms with Gasteiger partial charge in [0.05, 0.1) is 10.5 Å². The predicted octanol–water partition coefficient (Wildman–Crippen LogP) is 3.31. The van der Waals surface area contributed by atoms with Gasteiger partial charge in [-0.05, 0) is 54.8 Å². The van der Waals surface area contributed by atoms with Crippen LogP contribution in [0, 0.1) is 0 Å². The Morgan fingerprint density at radius 3 is 2.57 bits per heavy atom. The van der Waals surface area contributed by atoms with Crippen molar-refractivity contribution in [3.63, 3.8) is 0 Å². The van der Waals surface area contributed by atoms with Crippen molar-refractivity contribution in [2.24, 2.45) is 0 Å². The molecule has 3 rings (SSSR count). The van der Waals surface area contributed by atoms with Crippen LogP contribution in [0.5, 0.6) is 5.75 Å². The molecule has 1 heterocycles. The van der Waals surface area contributed by atoms with E-state index in [2.05, 4.69) is 0 Å². The molecule has 1 aliphatic rings. The number of fused-ring (bicyclic) bond motifs is 1. The molecule has 0 radical (unpaired) electrons. The number of rotatable bonds is 5. The summed E-state index contributed by atoms with van der Waals surface area (Å²) in [6.07, 6.45) is -3.25. The Hall–Kier alpha value is -2.59. The number of hydrogen-bond acceptors (Lipinski definition) is 4. The van der Waals surface area contributed by atoms with E-state index in [9.17, 15) is 26.4 Å². The summed E-state index contributed by atoms with van der Waals surface area (Å²) in [6.45, 7) is -0.0178. The Bertz CT molecular complexity index is 1050. The van der Waals surface area contributed by atoms with Gasteiger partial charge in [-0.3, -0.25) is 4.79 Å². The number of amides is 1. The van der Waals surface area contributed by atoms with Crippen molar-refractivity contribution >= 4 is 21.6 Å². The molecule has 30 heavy (non-hydrogen) atoms. The van der Waals surface area contributed by atoms with Gasteiger partial charge in [0.1, 0.15) is 5.75 Å². The van der Waals surface area contributed by atoms with Crippen molar-refractivity contribution in [2.75, 3.05) is 32.1 Å². The van der Waals surface area contributed by atoms with Crippen molar-refractivity contribution < 1.29 is 31.1 Å². The summed E-state index contributed by atoms with van der Waals surface area (Å²) in [5.41, 5.74) is 0.443. The van der Waals surface area contributed by atoms with E-state index >= 15 is 0 Å². The summed E-state index contributed by atoms with van der Waals surface area (Å²) in [5, 5.41) is 0. The van der Waals surface area contributed by atoms with Gasteiger partial charge in [-0.2, -0.15) is 13.2 Å². The molecule has 2 aromatic rings. The first-order chi connectivity index (χ1) is 14.0. The second-order valence-electron chi connectivity index (χ2n) is 7.04. The molecule has 0 aliphatic carbocycles. The Labute approximate surface area is 172 Å². The maximum Gasteiger partial charge on any atom is 0.416 e. The molecule has 0 saturated heterocycles. The Balaban J connectivity index is 1.76. The molecule has 10 heteroatoms. The van der Waals surface area contributed by atoms with Gasteiger partial charge in [-0.15, -0.1) is 0 Å². The molecule has 2 aromatic carbocycles. The van der Waals surface area contributed by atoms with E-state index < -0.39 is 34.3 Å². The normalized spacial score (nSPS) is 14.5. The highest BCUT2D eigenvalue weighted by Gasteiger charge is 2.31. The third-order valence-electron chi connectivity index (χ3n) is 4.77. The summed E-state index contributed by atoms with van der Waals surface area (Å²) in [6, 6.07) is 8.90. The van der Waals surface area contributed by atoms with Crippen LogP contribution in [0.2, 0.25) is 0 Å². The zero-order chi connectivity index (χ0) is 22.1. The molecule has 0 N–H and O–H groups in total. The van der Waals surface area contributed by atoms with Crippen molar-refractivity contribution in [3.8, 4) is 5.75 Å². The lowest BCUT2D eigenvalue weighted by molar-refractivity contribution is -0.137. The third kappa shape index (κ3) is 4.59. The summed E-state index contributed by atoms with van der Waals surface area (Å²) >= 11 is 0. The Morgan fingerprint density at radius 1 is 1.17 bits per heavy atom. The number of nitrogens with zero attached hydrogens (tertiary/aromatic N) is 2. The van der Waals surface area contributed by atoms with Crippen molar-refractivity contribution in [1.82, 2.24) is 4.31 Å². The van der Waals surface area contributed by atoms with Crippen LogP contribution < -0.4 is 9.64 Å². The molecule has 0 saturated carbocycles. The fourth-order valence-corrected chi connectivity index (χ4v) is 4.14. The highest BCUT2D eigenvalue weighted by molar-refractivity contribution is 7.89. The number of carbonyl (C=O) groups excluding carboxylic acids is 1. The summed E-state index contributed by atoms with van der Waals surface area (Å²) in [7, 11) is -0.717. The fraction of sp³-hybridized carbons (Fsp3) is 0.350. The largest absolute Gasteiger partial charge is 0.484 e. The molecule has 0 spiro atoms. The third-order valence-corrected chi connectivity index (χ3v) is 6.58. The first kappa shape index (κ1) is 22.1. The fourth-order valence-electron chi connectivity index (χ4n) is 3.19. The first-order valence-corrected chi connectivity index (χ1v) is 10.6. The topological polar surface area (TPSA) is 66.9 Å². The van der Waals surface area contributed by atoms with Gasteiger partial charge in [0.2, 0.25) is 10.0 Å². The predicted molar refractivity (Wildman–Crippen MR) is 105 cm³/mol. The zero-order valence-electron chi connectivity index (χ0n) is 16.4. The molecule has 162 valence electrons. The van der Waals surface area contributed by atoms with Crippen molar-refractivity contribution in [2.45, 2.75) is 23.9 Å². The number of sulfonamides is 1. The lowest BCUT2D eigenvalue weighted by Crippen LogP contribution is -2.38. The number of benzene rings is 2. The molecule has 6 nitrogen and oxygen atoms in total. The number of aryl methyl sites for hydroxylation is 1. The lowest BCUT2D eigenvalue weighted by Gasteiger charge is -2.30. The van der Waals surface area contributed by atoms with E-state index in [1.165, 1.54) is 37.2 Å². The number of ether oxygens (including phenoxy) is 1. The van der Waals surface area contributed by atoms with Gasteiger partial charge in [-0.25, -0.2) is 12.7 Å². The highest BCUT2D eigenvalue weighted by Crippen LogP contribution is 2.32. The molecule has 0 bridgehead atoms. The average molecular weight is 442 g/mol. The smallest absolute Gasteiger partial charge is 0.416 e. The molecule has 0 unspecified atom stereocenters. The minimum atomic E-state index is -4.50. The van der Waals surface area contributed by atoms with E-state index in [0.29, 0.717) is 25.1 Å². The first-order valence-electron chi connectivity index (χ1n) is 9.16. The van der Waals surface area contributed by atoms with Gasteiger partial charge in [0.15, 0.2) is 6.61 Å². The SMILES string of the molecule is CN(C)S(=O)(=O)c1ccc2c(c1)CCCN2C(=O)COc1cccc(C(F)(F)F)c1. The van der Waals surface area contributed by atoms with E-state index in [-0.39, 0.29) is 10.6 Å². The minimum Gasteiger partial charge on any atom is -0.484 e. The second kappa shape index (κ2) is 8.27. The van der Waals surface area contributed by atoms with Gasteiger partial charge >= 0.3 is 6.18 Å². The monoisotopic (exact) mass is 442 g/mol. The maximum atomic E-state index is 12.8. The van der Waals surface area contributed by atoms with E-state index in [0.717, 1.165) is 22.0 Å². The molecule has 0 fully saturated rings. The lowest BCUT2D eigenvalue weighted by atomic mass is 10.0. The quantitative estimate of drug-likeness (QED) is 0.713. The van der Waals surface area contributed by atoms with Crippen LogP contribution in [-0.4, -0.2) is 45.9 Å². The molecule has 1 aliphatic heterocycles. The maximum absolute atomic E-state index is 12.8. The van der Waals surface area contributed by atoms with Crippen LogP contribution in [0.25, 0.3) is 0 Å². The van der Waals surface area contributed by atoms with Crippen molar-refractivity contribution in [3.05, 3.63) is 53.6 Å². The van der Waals surface area contributed by atoms with E-state index in [1.54, 1.807) is 12.1 Å². The number of halogens is 3. The summed E-state index contributed by atoms with van der Waals surface area (Å²) in [5.74, 6) is -0.473. The summed E-state index contributed by atoms with van der Waals surface area (Å²) < 4.78 is 69.5. The van der Waals surface area contributed by atoms with Crippen LogP contribution in [0.3, 0.4) is 0 Å². The number of anilines is 1. The zero-order valence-corrected chi connectivity index (χ0v) is 17.3. The van der Waals surface area contributed by atoms with Gasteiger partial charge < -0.3 is 9.64 Å². The van der Waals surface area contributed by atoms with Crippen molar-refractivity contribution in [1.29, 1.82) is 0 Å². The molecular formula is C20H21F3N2O4S. The van der Waals surface area contributed by atoms with Crippen LogP contribution in [0.1, 0.15) is 17.5 Å². The van der Waals surface area contributed by atoms with E-state index in [4.69, 9.17) is 4.74 Å². The van der Waals surface area contributed by atoms with Gasteiger partial charge in [0.25, 0.3) is 5.91 Å². The van der Waals surface area contributed by atoms with E-state index in [1.807, 2.05) is 0 Å². The second-order valence-corrected chi connectivity index (χ2v) is 9.19. The molecule has 0 aromatic heterocycles. The minimum absolute atomic E-state index is 0.0529. The number of alkyl halides is 3. The van der Waals surface area contributed by atoms with Crippen LogP contribution in [0.15, 0.2) is 47.4 Å². The Morgan fingerprint density at radius 2 is 1.90 bits per heavy atom. The molecular weight excluding hydrogens is 421 g/mol. The van der Waals surface area contributed by atoms with Crippen LogP contribution in [0.4, 0.5) is 18.9 Å². The van der Waals surface area contributed by atoms with Crippen LogP contribution >= 0.6 is 0 Å². The number of carbonyl (C=O) groups is 1. The van der Waals surface area contributed by atoms with Gasteiger partial charge in [0, 0.05) is 26.3 Å². The standard InChI is InChI=1S/C20H21F3N2O4S/c1-24(2)30(27,28)17-8-9-18-14(11-17)5-4-10-25(18)19(26)13-29-16-7-3-6-15(12-16)20(21,22)23/h3,6-9,11-12H,4-5,10,13H2,1-2H3. The number of hydrogen-bond donors (Lipinski definition) is 0. The molecule has 1 amide bonds. The summed E-state index contributed by atoms with van der Waals surface area (Å²) in [4.78, 5) is 14.3. The average Bonchev–Trinajstić information content (AvgIpc) is 2.70.